The molecule has 0 unspecified atom stereocenters. The normalized spacial score (nSPS) is 13.3. The molecule has 0 amide bonds. The van der Waals surface area contributed by atoms with E-state index in [1.54, 1.807) is 21.3 Å². The van der Waals surface area contributed by atoms with E-state index in [1.807, 2.05) is 0 Å². The van der Waals surface area contributed by atoms with Crippen LogP contribution in [0.3, 0.4) is 0 Å². The highest BCUT2D eigenvalue weighted by atomic mass is 31.2. The smallest absolute Gasteiger partial charge is 0.497 e. The van der Waals surface area contributed by atoms with Crippen LogP contribution in [0.2, 0.25) is 0 Å². The molecule has 3 rings (SSSR count). The molecule has 0 aromatic heterocycles. The Bertz CT molecular complexity index is 1410. The van der Waals surface area contributed by atoms with Crippen LogP contribution < -0.4 is 27.8 Å². The van der Waals surface area contributed by atoms with Crippen molar-refractivity contribution in [3.63, 3.8) is 0 Å². The Morgan fingerprint density at radius 2 is 0.462 bits per heavy atom. The summed E-state index contributed by atoms with van der Waals surface area (Å²) in [5.74, 6) is 4.60. The van der Waals surface area contributed by atoms with Crippen LogP contribution in [0, 0.1) is 0 Å². The van der Waals surface area contributed by atoms with E-state index in [0.717, 1.165) is 67.9 Å². The van der Waals surface area contributed by atoms with Gasteiger partial charge in [0.1, 0.15) is 34.5 Å². The highest BCUT2D eigenvalue weighted by Gasteiger charge is 2.38. The molecule has 0 aliphatic carbocycles. The molecule has 0 fully saturated rings. The number of ether oxygens (including phenoxy) is 3. The quantitative estimate of drug-likeness (QED) is 0.204. The standard InChI is InChI=1S/C45H69O6P/c1-40(2,3)31-22-28(46-19)23-32(41(4,5)6)37(31)49-52(50-38-33(42(7,8)9)24-29(47-20)25-34(38)43(10,11)12)51-39-35(44(13,14)15)26-30(48-21)27-36(39)45(16,17)18/h22-27H,1-21H3. The van der Waals surface area contributed by atoms with E-state index in [9.17, 15) is 0 Å². The topological polar surface area (TPSA) is 55.4 Å². The summed E-state index contributed by atoms with van der Waals surface area (Å²) in [5, 5.41) is 0. The fourth-order valence-electron chi connectivity index (χ4n) is 6.08. The summed E-state index contributed by atoms with van der Waals surface area (Å²) >= 11 is 0. The molecule has 0 spiro atoms. The Morgan fingerprint density at radius 3 is 0.577 bits per heavy atom. The van der Waals surface area contributed by atoms with Crippen molar-refractivity contribution < 1.29 is 27.8 Å². The Labute approximate surface area is 318 Å². The van der Waals surface area contributed by atoms with Crippen molar-refractivity contribution >= 4 is 8.60 Å². The lowest BCUT2D eigenvalue weighted by Gasteiger charge is -2.35. The van der Waals surface area contributed by atoms with Crippen molar-refractivity contribution in [2.75, 3.05) is 21.3 Å². The zero-order chi connectivity index (χ0) is 40.0. The molecule has 0 N–H and O–H groups in total. The Hall–Kier alpha value is -3.11. The van der Waals surface area contributed by atoms with Gasteiger partial charge in [-0.2, -0.15) is 0 Å². The van der Waals surface area contributed by atoms with E-state index in [1.165, 1.54) is 0 Å². The second-order valence-electron chi connectivity index (χ2n) is 20.2. The van der Waals surface area contributed by atoms with Crippen molar-refractivity contribution in [3.05, 3.63) is 69.8 Å². The lowest BCUT2D eigenvalue weighted by atomic mass is 9.79. The third kappa shape index (κ3) is 10.1. The summed E-state index contributed by atoms with van der Waals surface area (Å²) in [6.45, 7) is 39.6. The minimum atomic E-state index is -2.13. The molecular weight excluding hydrogens is 667 g/mol. The van der Waals surface area contributed by atoms with E-state index < -0.39 is 8.60 Å². The molecular formula is C45H69O6P. The fraction of sp³-hybridized carbons (Fsp3) is 0.600. The van der Waals surface area contributed by atoms with Crippen molar-refractivity contribution in [1.82, 2.24) is 0 Å². The Kier molecular flexibility index (Phi) is 12.5. The van der Waals surface area contributed by atoms with Crippen LogP contribution in [0.1, 0.15) is 158 Å². The number of hydrogen-bond acceptors (Lipinski definition) is 6. The average molecular weight is 737 g/mol. The monoisotopic (exact) mass is 736 g/mol. The molecule has 0 bridgehead atoms. The molecule has 290 valence electrons. The van der Waals surface area contributed by atoms with E-state index in [4.69, 9.17) is 27.8 Å². The molecule has 0 aliphatic heterocycles. The van der Waals surface area contributed by atoms with Gasteiger partial charge in [0.2, 0.25) is 0 Å². The maximum Gasteiger partial charge on any atom is 0.530 e. The van der Waals surface area contributed by atoms with E-state index in [-0.39, 0.29) is 32.5 Å². The van der Waals surface area contributed by atoms with Gasteiger partial charge in [-0.25, -0.2) is 0 Å². The molecule has 52 heavy (non-hydrogen) atoms. The van der Waals surface area contributed by atoms with E-state index in [2.05, 4.69) is 161 Å². The number of hydrogen-bond donors (Lipinski definition) is 0. The minimum absolute atomic E-state index is 0.286. The minimum Gasteiger partial charge on any atom is -0.497 e. The lowest BCUT2D eigenvalue weighted by molar-refractivity contribution is 0.352. The zero-order valence-electron chi connectivity index (χ0n) is 36.4. The molecule has 3 aromatic rings. The first-order chi connectivity index (χ1) is 23.4. The van der Waals surface area contributed by atoms with Gasteiger partial charge in [0.15, 0.2) is 0 Å². The van der Waals surface area contributed by atoms with Gasteiger partial charge < -0.3 is 27.8 Å². The molecule has 0 aliphatic rings. The highest BCUT2D eigenvalue weighted by molar-refractivity contribution is 7.43. The summed E-state index contributed by atoms with van der Waals surface area (Å²) in [7, 11) is 3.01. The van der Waals surface area contributed by atoms with Crippen LogP contribution in [-0.2, 0) is 32.5 Å². The predicted octanol–water partition coefficient (Wildman–Crippen LogP) is 13.3. The molecule has 0 heterocycles. The molecule has 0 radical (unpaired) electrons. The highest BCUT2D eigenvalue weighted by Crippen LogP contribution is 2.55. The van der Waals surface area contributed by atoms with Gasteiger partial charge in [0, 0.05) is 33.4 Å². The Balaban J connectivity index is 2.55. The SMILES string of the molecule is COc1cc(C(C)(C)C)c(OP(Oc2c(C(C)(C)C)cc(OC)cc2C(C)(C)C)Oc2c(C(C)(C)C)cc(OC)cc2C(C)(C)C)c(C(C)(C)C)c1. The average Bonchev–Trinajstić information content (AvgIpc) is 2.97. The van der Waals surface area contributed by atoms with Crippen LogP contribution >= 0.6 is 8.60 Å². The van der Waals surface area contributed by atoms with Crippen LogP contribution in [0.4, 0.5) is 0 Å². The van der Waals surface area contributed by atoms with Gasteiger partial charge in [-0.3, -0.25) is 0 Å². The second kappa shape index (κ2) is 15.0. The van der Waals surface area contributed by atoms with Gasteiger partial charge in [-0.1, -0.05) is 125 Å². The third-order valence-electron chi connectivity index (χ3n) is 9.24. The molecule has 3 aromatic carbocycles. The summed E-state index contributed by atoms with van der Waals surface area (Å²) < 4.78 is 39.5. The zero-order valence-corrected chi connectivity index (χ0v) is 37.3. The van der Waals surface area contributed by atoms with E-state index in [0.29, 0.717) is 0 Å². The molecule has 0 saturated carbocycles. The maximum atomic E-state index is 7.32. The Morgan fingerprint density at radius 1 is 0.308 bits per heavy atom. The first kappa shape index (κ1) is 43.3. The predicted molar refractivity (Wildman–Crippen MR) is 220 cm³/mol. The molecule has 6 nitrogen and oxygen atoms in total. The number of benzene rings is 3. The van der Waals surface area contributed by atoms with Gasteiger partial charge in [-0.05, 0) is 68.9 Å². The van der Waals surface area contributed by atoms with E-state index >= 15 is 0 Å². The van der Waals surface area contributed by atoms with Crippen LogP contribution in [0.15, 0.2) is 36.4 Å². The summed E-state index contributed by atoms with van der Waals surface area (Å²) in [6, 6.07) is 12.5. The summed E-state index contributed by atoms with van der Waals surface area (Å²) in [6.07, 6.45) is 0. The van der Waals surface area contributed by atoms with Gasteiger partial charge in [-0.15, -0.1) is 0 Å². The van der Waals surface area contributed by atoms with Crippen LogP contribution in [-0.4, -0.2) is 21.3 Å². The van der Waals surface area contributed by atoms with Crippen LogP contribution in [0.5, 0.6) is 34.5 Å². The molecule has 0 saturated heterocycles. The molecule has 0 atom stereocenters. The van der Waals surface area contributed by atoms with Crippen molar-refractivity contribution in [3.8, 4) is 34.5 Å². The van der Waals surface area contributed by atoms with Crippen molar-refractivity contribution in [1.29, 1.82) is 0 Å². The summed E-state index contributed by atoms with van der Waals surface area (Å²) in [4.78, 5) is 0. The van der Waals surface area contributed by atoms with Gasteiger partial charge in [0.05, 0.1) is 21.3 Å². The summed E-state index contributed by atoms with van der Waals surface area (Å²) in [5.41, 5.74) is 4.37. The number of rotatable bonds is 9. The maximum absolute atomic E-state index is 7.32. The lowest BCUT2D eigenvalue weighted by Crippen LogP contribution is -2.23. The van der Waals surface area contributed by atoms with Crippen molar-refractivity contribution in [2.45, 2.75) is 157 Å². The molecule has 7 heteroatoms. The second-order valence-corrected chi connectivity index (χ2v) is 21.1. The van der Waals surface area contributed by atoms with Crippen LogP contribution in [0.25, 0.3) is 0 Å². The van der Waals surface area contributed by atoms with Gasteiger partial charge in [0.25, 0.3) is 0 Å². The largest absolute Gasteiger partial charge is 0.530 e. The van der Waals surface area contributed by atoms with Crippen molar-refractivity contribution in [2.24, 2.45) is 0 Å². The third-order valence-corrected chi connectivity index (χ3v) is 10.2. The first-order valence-corrected chi connectivity index (χ1v) is 19.6. The fourth-order valence-corrected chi connectivity index (χ4v) is 7.23. The van der Waals surface area contributed by atoms with Gasteiger partial charge >= 0.3 is 8.60 Å². The first-order valence-electron chi connectivity index (χ1n) is 18.5. The number of methoxy groups -OCH3 is 3.